The van der Waals surface area contributed by atoms with Gasteiger partial charge in [0.25, 0.3) is 0 Å². The van der Waals surface area contributed by atoms with Gasteiger partial charge in [0.05, 0.1) is 6.61 Å². The van der Waals surface area contributed by atoms with Gasteiger partial charge in [-0.15, -0.1) is 0 Å². The number of hydrogen-bond acceptors (Lipinski definition) is 3. The van der Waals surface area contributed by atoms with Crippen LogP contribution in [0.5, 0.6) is 0 Å². The summed E-state index contributed by atoms with van der Waals surface area (Å²) in [5.41, 5.74) is 1.36. The van der Waals surface area contributed by atoms with Gasteiger partial charge < -0.3 is 9.47 Å². The van der Waals surface area contributed by atoms with Crippen molar-refractivity contribution < 1.29 is 9.47 Å². The van der Waals surface area contributed by atoms with Gasteiger partial charge in [0, 0.05) is 33.2 Å². The molecule has 0 N–H and O–H groups in total. The van der Waals surface area contributed by atoms with Gasteiger partial charge in [-0.1, -0.05) is 30.3 Å². The van der Waals surface area contributed by atoms with Crippen LogP contribution in [0.25, 0.3) is 0 Å². The van der Waals surface area contributed by atoms with E-state index in [1.54, 1.807) is 7.11 Å². The Morgan fingerprint density at radius 3 is 2.76 bits per heavy atom. The number of benzene rings is 1. The zero-order chi connectivity index (χ0) is 12.1. The van der Waals surface area contributed by atoms with Crippen LogP contribution in [0.2, 0.25) is 0 Å². The van der Waals surface area contributed by atoms with E-state index >= 15 is 0 Å². The molecule has 1 saturated heterocycles. The van der Waals surface area contributed by atoms with E-state index in [0.29, 0.717) is 0 Å². The molecule has 1 unspecified atom stereocenters. The van der Waals surface area contributed by atoms with E-state index < -0.39 is 5.79 Å². The van der Waals surface area contributed by atoms with E-state index in [-0.39, 0.29) is 0 Å². The predicted octanol–water partition coefficient (Wildman–Crippen LogP) is 2.27. The van der Waals surface area contributed by atoms with E-state index in [2.05, 4.69) is 35.2 Å². The maximum Gasteiger partial charge on any atom is 0.166 e. The van der Waals surface area contributed by atoms with Crippen molar-refractivity contribution in [2.75, 3.05) is 26.8 Å². The zero-order valence-electron chi connectivity index (χ0n) is 10.7. The van der Waals surface area contributed by atoms with Gasteiger partial charge in [-0.05, 0) is 12.5 Å². The smallest absolute Gasteiger partial charge is 0.166 e. The third-order valence-electron chi connectivity index (χ3n) is 3.38. The van der Waals surface area contributed by atoms with E-state index in [1.165, 1.54) is 5.56 Å². The van der Waals surface area contributed by atoms with Crippen LogP contribution in [0.3, 0.4) is 0 Å². The molecule has 0 bridgehead atoms. The molecule has 2 rings (SSSR count). The number of nitrogens with zero attached hydrogens (tertiary/aromatic N) is 1. The van der Waals surface area contributed by atoms with Crippen LogP contribution in [-0.4, -0.2) is 37.5 Å². The molecule has 94 valence electrons. The summed E-state index contributed by atoms with van der Waals surface area (Å²) >= 11 is 0. The second kappa shape index (κ2) is 5.63. The molecule has 3 nitrogen and oxygen atoms in total. The van der Waals surface area contributed by atoms with E-state index in [1.807, 2.05) is 6.92 Å². The fraction of sp³-hybridized carbons (Fsp3) is 0.571. The highest BCUT2D eigenvalue weighted by molar-refractivity contribution is 5.14. The summed E-state index contributed by atoms with van der Waals surface area (Å²) in [6.07, 6.45) is 0.913. The van der Waals surface area contributed by atoms with Crippen LogP contribution < -0.4 is 0 Å². The molecule has 1 aromatic carbocycles. The first-order chi connectivity index (χ1) is 8.22. The largest absolute Gasteiger partial charge is 0.353 e. The van der Waals surface area contributed by atoms with Gasteiger partial charge in [-0.25, -0.2) is 0 Å². The van der Waals surface area contributed by atoms with Crippen molar-refractivity contribution in [1.82, 2.24) is 4.90 Å². The topological polar surface area (TPSA) is 21.7 Å². The minimum Gasteiger partial charge on any atom is -0.353 e. The fourth-order valence-corrected chi connectivity index (χ4v) is 2.10. The third-order valence-corrected chi connectivity index (χ3v) is 3.38. The van der Waals surface area contributed by atoms with E-state index in [9.17, 15) is 0 Å². The van der Waals surface area contributed by atoms with Crippen molar-refractivity contribution in [3.05, 3.63) is 35.9 Å². The van der Waals surface area contributed by atoms with Gasteiger partial charge in [-0.3, -0.25) is 4.90 Å². The SMILES string of the molecule is COC1(C)CCN(Cc2ccccc2)CCO1. The van der Waals surface area contributed by atoms with Crippen LogP contribution in [0.4, 0.5) is 0 Å². The van der Waals surface area contributed by atoms with E-state index in [0.717, 1.165) is 32.7 Å². The van der Waals surface area contributed by atoms with Gasteiger partial charge in [0.1, 0.15) is 0 Å². The van der Waals surface area contributed by atoms with Gasteiger partial charge >= 0.3 is 0 Å². The Kier molecular flexibility index (Phi) is 4.15. The van der Waals surface area contributed by atoms with Crippen LogP contribution in [0, 0.1) is 0 Å². The van der Waals surface area contributed by atoms with Gasteiger partial charge in [0.2, 0.25) is 0 Å². The number of hydrogen-bond donors (Lipinski definition) is 0. The molecule has 1 fully saturated rings. The predicted molar refractivity (Wildman–Crippen MR) is 67.7 cm³/mol. The summed E-state index contributed by atoms with van der Waals surface area (Å²) < 4.78 is 11.2. The standard InChI is InChI=1S/C14H21NO2/c1-14(16-2)8-9-15(10-11-17-14)12-13-6-4-3-5-7-13/h3-7H,8-12H2,1-2H3. The summed E-state index contributed by atoms with van der Waals surface area (Å²) in [7, 11) is 1.72. The molecule has 0 radical (unpaired) electrons. The molecule has 1 heterocycles. The molecule has 0 aromatic heterocycles. The average Bonchev–Trinajstić information content (AvgIpc) is 2.54. The lowest BCUT2D eigenvalue weighted by Gasteiger charge is -2.26. The van der Waals surface area contributed by atoms with Crippen LogP contribution >= 0.6 is 0 Å². The Morgan fingerprint density at radius 1 is 1.29 bits per heavy atom. The van der Waals surface area contributed by atoms with E-state index in [4.69, 9.17) is 9.47 Å². The highest BCUT2D eigenvalue weighted by Gasteiger charge is 2.28. The number of rotatable bonds is 3. The summed E-state index contributed by atoms with van der Waals surface area (Å²) in [5.74, 6) is -0.411. The van der Waals surface area contributed by atoms with Gasteiger partial charge in [-0.2, -0.15) is 0 Å². The third kappa shape index (κ3) is 3.53. The molecule has 0 amide bonds. The summed E-state index contributed by atoms with van der Waals surface area (Å²) in [5, 5.41) is 0. The van der Waals surface area contributed by atoms with Crippen molar-refractivity contribution in [2.45, 2.75) is 25.7 Å². The monoisotopic (exact) mass is 235 g/mol. The second-order valence-electron chi connectivity index (χ2n) is 4.70. The maximum atomic E-state index is 5.74. The molecule has 1 aliphatic heterocycles. The number of methoxy groups -OCH3 is 1. The van der Waals surface area contributed by atoms with Crippen LogP contribution in [0.1, 0.15) is 18.9 Å². The lowest BCUT2D eigenvalue weighted by atomic mass is 10.2. The molecule has 1 aliphatic rings. The van der Waals surface area contributed by atoms with Gasteiger partial charge in [0.15, 0.2) is 5.79 Å². The Balaban J connectivity index is 1.91. The molecule has 1 aromatic rings. The normalized spacial score (nSPS) is 26.7. The quantitative estimate of drug-likeness (QED) is 0.802. The molecule has 0 spiro atoms. The highest BCUT2D eigenvalue weighted by atomic mass is 16.7. The van der Waals surface area contributed by atoms with Crippen LogP contribution in [0.15, 0.2) is 30.3 Å². The van der Waals surface area contributed by atoms with Crippen molar-refractivity contribution in [2.24, 2.45) is 0 Å². The molecule has 3 heteroatoms. The lowest BCUT2D eigenvalue weighted by Crippen LogP contribution is -2.31. The molecular weight excluding hydrogens is 214 g/mol. The molecule has 17 heavy (non-hydrogen) atoms. The van der Waals surface area contributed by atoms with Crippen molar-refractivity contribution in [3.63, 3.8) is 0 Å². The highest BCUT2D eigenvalue weighted by Crippen LogP contribution is 2.20. The van der Waals surface area contributed by atoms with Crippen molar-refractivity contribution >= 4 is 0 Å². The average molecular weight is 235 g/mol. The first kappa shape index (κ1) is 12.6. The molecular formula is C14H21NO2. The Hall–Kier alpha value is -0.900. The zero-order valence-corrected chi connectivity index (χ0v) is 10.7. The Bertz CT molecular complexity index is 341. The molecule has 1 atom stereocenters. The first-order valence-corrected chi connectivity index (χ1v) is 6.17. The summed E-state index contributed by atoms with van der Waals surface area (Å²) in [6.45, 7) is 5.72. The minimum absolute atomic E-state index is 0.411. The summed E-state index contributed by atoms with van der Waals surface area (Å²) in [6, 6.07) is 10.6. The minimum atomic E-state index is -0.411. The molecule has 0 saturated carbocycles. The van der Waals surface area contributed by atoms with Crippen molar-refractivity contribution in [1.29, 1.82) is 0 Å². The van der Waals surface area contributed by atoms with Crippen molar-refractivity contribution in [3.8, 4) is 0 Å². The fourth-order valence-electron chi connectivity index (χ4n) is 2.10. The number of ether oxygens (including phenoxy) is 2. The lowest BCUT2D eigenvalue weighted by molar-refractivity contribution is -0.205. The first-order valence-electron chi connectivity index (χ1n) is 6.17. The Morgan fingerprint density at radius 2 is 2.06 bits per heavy atom. The molecule has 0 aliphatic carbocycles. The Labute approximate surface area is 103 Å². The summed E-state index contributed by atoms with van der Waals surface area (Å²) in [4.78, 5) is 2.42. The maximum absolute atomic E-state index is 5.74. The van der Waals surface area contributed by atoms with Crippen LogP contribution in [-0.2, 0) is 16.0 Å². The second-order valence-corrected chi connectivity index (χ2v) is 4.70.